The van der Waals surface area contributed by atoms with Gasteiger partial charge in [0.25, 0.3) is 0 Å². The van der Waals surface area contributed by atoms with E-state index < -0.39 is 16.6 Å². The maximum Gasteiger partial charge on any atom is 0.407 e. The maximum atomic E-state index is 11.8. The summed E-state index contributed by atoms with van der Waals surface area (Å²) in [7, 11) is 1.47. The fourth-order valence-electron chi connectivity index (χ4n) is 2.62. The Morgan fingerprint density at radius 1 is 1.36 bits per heavy atom. The van der Waals surface area contributed by atoms with Crippen molar-refractivity contribution in [3.63, 3.8) is 0 Å². The second kappa shape index (κ2) is 7.54. The monoisotopic (exact) mass is 352 g/mol. The predicted octanol–water partition coefficient (Wildman–Crippen LogP) is 2.49. The van der Waals surface area contributed by atoms with Crippen molar-refractivity contribution in [2.24, 2.45) is 0 Å². The average Bonchev–Trinajstić information content (AvgIpc) is 2.53. The SMILES string of the molecule is COc1ccc([N+](=O)[O-])c(N2CCC(NC(=O)OC(C)(C)C)CC2)n1. The number of nitrogens with zero attached hydrogens (tertiary/aromatic N) is 3. The third-order valence-corrected chi connectivity index (χ3v) is 3.75. The zero-order valence-electron chi connectivity index (χ0n) is 14.9. The van der Waals surface area contributed by atoms with E-state index in [-0.39, 0.29) is 11.7 Å². The van der Waals surface area contributed by atoms with Gasteiger partial charge in [-0.3, -0.25) is 10.1 Å². The smallest absolute Gasteiger partial charge is 0.407 e. The molecule has 0 aromatic carbocycles. The van der Waals surface area contributed by atoms with Gasteiger partial charge >= 0.3 is 11.8 Å². The Bertz CT molecular complexity index is 636. The molecule has 0 radical (unpaired) electrons. The van der Waals surface area contributed by atoms with Crippen molar-refractivity contribution < 1.29 is 19.2 Å². The van der Waals surface area contributed by atoms with Crippen LogP contribution in [0.3, 0.4) is 0 Å². The summed E-state index contributed by atoms with van der Waals surface area (Å²) >= 11 is 0. The molecule has 1 aliphatic heterocycles. The Balaban J connectivity index is 2.00. The summed E-state index contributed by atoms with van der Waals surface area (Å²) in [6.07, 6.45) is 0.848. The normalized spacial score (nSPS) is 15.6. The number of alkyl carbamates (subject to hydrolysis) is 1. The van der Waals surface area contributed by atoms with E-state index in [4.69, 9.17) is 9.47 Å². The number of rotatable bonds is 4. The Morgan fingerprint density at radius 3 is 2.52 bits per heavy atom. The molecule has 25 heavy (non-hydrogen) atoms. The minimum Gasteiger partial charge on any atom is -0.481 e. The number of pyridine rings is 1. The van der Waals surface area contributed by atoms with Gasteiger partial charge in [-0.1, -0.05) is 0 Å². The van der Waals surface area contributed by atoms with Gasteiger partial charge in [0.05, 0.1) is 12.0 Å². The zero-order chi connectivity index (χ0) is 18.6. The third-order valence-electron chi connectivity index (χ3n) is 3.75. The van der Waals surface area contributed by atoms with Gasteiger partial charge in [0.1, 0.15) is 5.60 Å². The summed E-state index contributed by atoms with van der Waals surface area (Å²) in [4.78, 5) is 28.7. The number of carbonyl (C=O) groups is 1. The quantitative estimate of drug-likeness (QED) is 0.655. The molecule has 9 nitrogen and oxygen atoms in total. The molecular formula is C16H24N4O5. The molecule has 0 atom stereocenters. The van der Waals surface area contributed by atoms with Crippen LogP contribution in [0.1, 0.15) is 33.6 Å². The van der Waals surface area contributed by atoms with Crippen LogP contribution in [0.4, 0.5) is 16.3 Å². The highest BCUT2D eigenvalue weighted by molar-refractivity contribution is 5.68. The van der Waals surface area contributed by atoms with Crippen LogP contribution in [0.15, 0.2) is 12.1 Å². The number of anilines is 1. The largest absolute Gasteiger partial charge is 0.481 e. The zero-order valence-corrected chi connectivity index (χ0v) is 14.9. The molecule has 1 saturated heterocycles. The molecule has 1 aromatic rings. The van der Waals surface area contributed by atoms with Gasteiger partial charge in [-0.05, 0) is 33.6 Å². The van der Waals surface area contributed by atoms with Gasteiger partial charge in [-0.15, -0.1) is 0 Å². The standard InChI is InChI=1S/C16H24N4O5/c1-16(2,3)25-15(21)17-11-7-9-19(10-8-11)14-12(20(22)23)5-6-13(18-14)24-4/h5-6,11H,7-10H2,1-4H3,(H,17,21). The molecule has 1 aromatic heterocycles. The van der Waals surface area contributed by atoms with Crippen molar-refractivity contribution in [2.45, 2.75) is 45.3 Å². The van der Waals surface area contributed by atoms with Crippen molar-refractivity contribution in [1.82, 2.24) is 10.3 Å². The molecule has 0 spiro atoms. The fourth-order valence-corrected chi connectivity index (χ4v) is 2.62. The number of carbonyl (C=O) groups excluding carboxylic acids is 1. The van der Waals surface area contributed by atoms with Crippen LogP contribution < -0.4 is 15.0 Å². The van der Waals surface area contributed by atoms with E-state index in [0.717, 1.165) is 0 Å². The summed E-state index contributed by atoms with van der Waals surface area (Å²) in [6.45, 7) is 6.51. The van der Waals surface area contributed by atoms with Crippen molar-refractivity contribution in [3.05, 3.63) is 22.2 Å². The molecule has 1 N–H and O–H groups in total. The average molecular weight is 352 g/mol. The Labute approximate surface area is 146 Å². The van der Waals surface area contributed by atoms with E-state index in [0.29, 0.717) is 37.6 Å². The van der Waals surface area contributed by atoms with Crippen molar-refractivity contribution in [3.8, 4) is 5.88 Å². The molecule has 1 amide bonds. The fraction of sp³-hybridized carbons (Fsp3) is 0.625. The number of methoxy groups -OCH3 is 1. The number of nitrogens with one attached hydrogen (secondary N) is 1. The Kier molecular flexibility index (Phi) is 5.66. The molecule has 0 aliphatic carbocycles. The number of aromatic nitrogens is 1. The summed E-state index contributed by atoms with van der Waals surface area (Å²) < 4.78 is 10.3. The highest BCUT2D eigenvalue weighted by Gasteiger charge is 2.28. The molecule has 1 fully saturated rings. The number of hydrogen-bond donors (Lipinski definition) is 1. The lowest BCUT2D eigenvalue weighted by Crippen LogP contribution is -2.46. The first-order valence-electron chi connectivity index (χ1n) is 8.13. The van der Waals surface area contributed by atoms with Gasteiger partial charge in [-0.25, -0.2) is 4.79 Å². The van der Waals surface area contributed by atoms with Gasteiger partial charge < -0.3 is 19.7 Å². The summed E-state index contributed by atoms with van der Waals surface area (Å²) in [5.41, 5.74) is -0.602. The van der Waals surface area contributed by atoms with E-state index in [1.807, 2.05) is 25.7 Å². The first-order valence-corrected chi connectivity index (χ1v) is 8.13. The lowest BCUT2D eigenvalue weighted by Gasteiger charge is -2.33. The molecule has 2 rings (SSSR count). The number of piperidine rings is 1. The lowest BCUT2D eigenvalue weighted by molar-refractivity contribution is -0.384. The van der Waals surface area contributed by atoms with Gasteiger partial charge in [0, 0.05) is 31.3 Å². The first kappa shape index (κ1) is 18.8. The highest BCUT2D eigenvalue weighted by atomic mass is 16.6. The second-order valence-electron chi connectivity index (χ2n) is 6.86. The number of ether oxygens (including phenoxy) is 2. The van der Waals surface area contributed by atoms with Crippen LogP contribution >= 0.6 is 0 Å². The molecule has 0 bridgehead atoms. The van der Waals surface area contributed by atoms with E-state index in [1.54, 1.807) is 0 Å². The highest BCUT2D eigenvalue weighted by Crippen LogP contribution is 2.30. The molecule has 138 valence electrons. The summed E-state index contributed by atoms with van der Waals surface area (Å²) in [5, 5.41) is 14.1. The van der Waals surface area contributed by atoms with Crippen LogP contribution in [0.2, 0.25) is 0 Å². The Morgan fingerprint density at radius 2 is 2.00 bits per heavy atom. The van der Waals surface area contributed by atoms with Crippen LogP contribution in [0.25, 0.3) is 0 Å². The predicted molar refractivity (Wildman–Crippen MR) is 92.0 cm³/mol. The summed E-state index contributed by atoms with van der Waals surface area (Å²) in [6, 6.07) is 2.83. The minimum absolute atomic E-state index is 0.0317. The Hall–Kier alpha value is -2.58. The molecule has 9 heteroatoms. The lowest BCUT2D eigenvalue weighted by atomic mass is 10.1. The van der Waals surface area contributed by atoms with Crippen LogP contribution in [0, 0.1) is 10.1 Å². The molecule has 0 saturated carbocycles. The van der Waals surface area contributed by atoms with Crippen molar-refractivity contribution >= 4 is 17.6 Å². The molecule has 2 heterocycles. The number of nitro groups is 1. The van der Waals surface area contributed by atoms with E-state index in [1.165, 1.54) is 19.2 Å². The number of amides is 1. The topological polar surface area (TPSA) is 107 Å². The van der Waals surface area contributed by atoms with Crippen molar-refractivity contribution in [1.29, 1.82) is 0 Å². The third kappa shape index (κ3) is 5.20. The first-order chi connectivity index (χ1) is 11.7. The van der Waals surface area contributed by atoms with Crippen LogP contribution in [-0.4, -0.2) is 47.8 Å². The van der Waals surface area contributed by atoms with Crippen LogP contribution in [-0.2, 0) is 4.74 Å². The number of hydrogen-bond acceptors (Lipinski definition) is 7. The van der Waals surface area contributed by atoms with Gasteiger partial charge in [-0.2, -0.15) is 4.98 Å². The summed E-state index contributed by atoms with van der Waals surface area (Å²) in [5.74, 6) is 0.620. The van der Waals surface area contributed by atoms with E-state index >= 15 is 0 Å². The second-order valence-corrected chi connectivity index (χ2v) is 6.86. The molecule has 0 unspecified atom stereocenters. The van der Waals surface area contributed by atoms with Gasteiger partial charge in [0.15, 0.2) is 0 Å². The minimum atomic E-state index is -0.546. The van der Waals surface area contributed by atoms with E-state index in [2.05, 4.69) is 10.3 Å². The van der Waals surface area contributed by atoms with Gasteiger partial charge in [0.2, 0.25) is 11.7 Å². The van der Waals surface area contributed by atoms with Crippen LogP contribution in [0.5, 0.6) is 5.88 Å². The molecule has 1 aliphatic rings. The maximum absolute atomic E-state index is 11.8. The molecular weight excluding hydrogens is 328 g/mol. The van der Waals surface area contributed by atoms with Crippen molar-refractivity contribution in [2.75, 3.05) is 25.1 Å². The van der Waals surface area contributed by atoms with E-state index in [9.17, 15) is 14.9 Å².